The third kappa shape index (κ3) is 2.47. The zero-order chi connectivity index (χ0) is 9.84. The number of hydrogen-bond donors (Lipinski definition) is 2. The van der Waals surface area contributed by atoms with Crippen molar-refractivity contribution in [2.45, 2.75) is 13.8 Å². The zero-order valence-electron chi connectivity index (χ0n) is 7.82. The molecule has 0 fully saturated rings. The van der Waals surface area contributed by atoms with Crippen LogP contribution in [0.25, 0.3) is 0 Å². The molecule has 0 aliphatic carbocycles. The van der Waals surface area contributed by atoms with Gasteiger partial charge in [0.2, 0.25) is 0 Å². The van der Waals surface area contributed by atoms with E-state index in [2.05, 4.69) is 0 Å². The summed E-state index contributed by atoms with van der Waals surface area (Å²) >= 11 is 0. The number of rotatable bonds is 3. The van der Waals surface area contributed by atoms with Crippen LogP contribution in [0.2, 0.25) is 0 Å². The maximum atomic E-state index is 9.00. The van der Waals surface area contributed by atoms with Crippen LogP contribution in [0.5, 0.6) is 5.75 Å². The van der Waals surface area contributed by atoms with Crippen LogP contribution in [0.1, 0.15) is 12.5 Å². The second-order valence-corrected chi connectivity index (χ2v) is 2.85. The molecule has 0 aromatic heterocycles. The zero-order valence-corrected chi connectivity index (χ0v) is 7.82. The molecule has 13 heavy (non-hydrogen) atoms. The summed E-state index contributed by atoms with van der Waals surface area (Å²) in [5.41, 5.74) is 1.44. The van der Waals surface area contributed by atoms with Crippen molar-refractivity contribution in [1.82, 2.24) is 0 Å². The largest absolute Gasteiger partial charge is 0.494 e. The Morgan fingerprint density at radius 3 is 2.62 bits per heavy atom. The van der Waals surface area contributed by atoms with Crippen LogP contribution < -0.4 is 10.2 Å². The lowest BCUT2D eigenvalue weighted by Crippen LogP contribution is -2.31. The highest BCUT2D eigenvalue weighted by Gasteiger charge is 2.16. The smallest absolute Gasteiger partial charge is 0.492 e. The van der Waals surface area contributed by atoms with Gasteiger partial charge >= 0.3 is 7.12 Å². The Morgan fingerprint density at radius 1 is 1.38 bits per heavy atom. The molecule has 1 aromatic rings. The first-order valence-corrected chi connectivity index (χ1v) is 4.24. The van der Waals surface area contributed by atoms with Crippen LogP contribution in [0.3, 0.4) is 0 Å². The van der Waals surface area contributed by atoms with E-state index in [9.17, 15) is 0 Å². The summed E-state index contributed by atoms with van der Waals surface area (Å²) < 4.78 is 5.26. The number of hydrogen-bond acceptors (Lipinski definition) is 3. The first kappa shape index (κ1) is 10.1. The molecule has 70 valence electrons. The molecular formula is C9H13BO3. The van der Waals surface area contributed by atoms with Crippen molar-refractivity contribution in [2.24, 2.45) is 0 Å². The molecule has 1 rings (SSSR count). The lowest BCUT2D eigenvalue weighted by molar-refractivity contribution is 0.339. The Kier molecular flexibility index (Phi) is 3.34. The molecule has 0 bridgehead atoms. The monoisotopic (exact) mass is 180 g/mol. The van der Waals surface area contributed by atoms with Crippen LogP contribution >= 0.6 is 0 Å². The van der Waals surface area contributed by atoms with E-state index in [-0.39, 0.29) is 0 Å². The summed E-state index contributed by atoms with van der Waals surface area (Å²) in [5, 5.41) is 18.0. The van der Waals surface area contributed by atoms with E-state index in [1.807, 2.05) is 19.9 Å². The molecule has 0 spiro atoms. The summed E-state index contributed by atoms with van der Waals surface area (Å²) in [6.07, 6.45) is 0. The highest BCUT2D eigenvalue weighted by atomic mass is 16.5. The van der Waals surface area contributed by atoms with Gasteiger partial charge in [-0.15, -0.1) is 0 Å². The van der Waals surface area contributed by atoms with Gasteiger partial charge in [-0.1, -0.05) is 12.1 Å². The van der Waals surface area contributed by atoms with Gasteiger partial charge in [0.25, 0.3) is 0 Å². The summed E-state index contributed by atoms with van der Waals surface area (Å²) in [6.45, 7) is 4.30. The Morgan fingerprint density at radius 2 is 2.08 bits per heavy atom. The summed E-state index contributed by atoms with van der Waals surface area (Å²) in [7, 11) is -1.47. The van der Waals surface area contributed by atoms with Crippen LogP contribution in [-0.4, -0.2) is 23.8 Å². The average Bonchev–Trinajstić information content (AvgIpc) is 2.04. The van der Waals surface area contributed by atoms with E-state index in [4.69, 9.17) is 14.8 Å². The Balaban J connectivity index is 3.03. The molecule has 0 amide bonds. The molecule has 0 atom stereocenters. The third-order valence-electron chi connectivity index (χ3n) is 1.75. The van der Waals surface area contributed by atoms with Gasteiger partial charge in [-0.3, -0.25) is 0 Å². The highest BCUT2D eigenvalue weighted by Crippen LogP contribution is 2.10. The molecule has 0 saturated carbocycles. The summed E-state index contributed by atoms with van der Waals surface area (Å²) in [5.74, 6) is 0.539. The first-order valence-electron chi connectivity index (χ1n) is 4.24. The van der Waals surface area contributed by atoms with E-state index < -0.39 is 7.12 Å². The molecule has 0 unspecified atom stereocenters. The molecule has 0 saturated heterocycles. The summed E-state index contributed by atoms with van der Waals surface area (Å²) in [4.78, 5) is 0. The average molecular weight is 180 g/mol. The molecular weight excluding hydrogens is 167 g/mol. The SMILES string of the molecule is CCOc1cc(C)ccc1B(O)O. The fourth-order valence-corrected chi connectivity index (χ4v) is 1.14. The molecule has 2 N–H and O–H groups in total. The van der Waals surface area contributed by atoms with Crippen molar-refractivity contribution < 1.29 is 14.8 Å². The van der Waals surface area contributed by atoms with Gasteiger partial charge in [0.1, 0.15) is 5.75 Å². The predicted molar refractivity (Wildman–Crippen MR) is 52.2 cm³/mol. The van der Waals surface area contributed by atoms with Crippen LogP contribution in [0, 0.1) is 6.92 Å². The fourth-order valence-electron chi connectivity index (χ4n) is 1.14. The van der Waals surface area contributed by atoms with Gasteiger partial charge in [-0.2, -0.15) is 0 Å². The highest BCUT2D eigenvalue weighted by molar-refractivity contribution is 6.59. The van der Waals surface area contributed by atoms with Gasteiger partial charge in [0, 0.05) is 5.46 Å². The van der Waals surface area contributed by atoms with Gasteiger partial charge in [-0.05, 0) is 25.5 Å². The van der Waals surface area contributed by atoms with E-state index in [1.165, 1.54) is 0 Å². The van der Waals surface area contributed by atoms with E-state index in [0.717, 1.165) is 5.56 Å². The number of aryl methyl sites for hydroxylation is 1. The van der Waals surface area contributed by atoms with Gasteiger partial charge in [0.15, 0.2) is 0 Å². The normalized spacial score (nSPS) is 9.85. The van der Waals surface area contributed by atoms with E-state index >= 15 is 0 Å². The van der Waals surface area contributed by atoms with E-state index in [0.29, 0.717) is 17.8 Å². The third-order valence-corrected chi connectivity index (χ3v) is 1.75. The van der Waals surface area contributed by atoms with Crippen molar-refractivity contribution in [3.63, 3.8) is 0 Å². The van der Waals surface area contributed by atoms with Crippen LogP contribution in [-0.2, 0) is 0 Å². The second kappa shape index (κ2) is 4.30. The molecule has 3 nitrogen and oxygen atoms in total. The minimum atomic E-state index is -1.47. The molecule has 0 aliphatic rings. The molecule has 0 radical (unpaired) electrons. The molecule has 0 heterocycles. The maximum Gasteiger partial charge on any atom is 0.492 e. The van der Waals surface area contributed by atoms with Crippen molar-refractivity contribution in [2.75, 3.05) is 6.61 Å². The topological polar surface area (TPSA) is 49.7 Å². The fraction of sp³-hybridized carbons (Fsp3) is 0.333. The van der Waals surface area contributed by atoms with Gasteiger partial charge in [0.05, 0.1) is 6.61 Å². The van der Waals surface area contributed by atoms with Crippen LogP contribution in [0.15, 0.2) is 18.2 Å². The van der Waals surface area contributed by atoms with Crippen molar-refractivity contribution in [1.29, 1.82) is 0 Å². The predicted octanol–water partition coefficient (Wildman–Crippen LogP) is 0.0735. The Bertz CT molecular complexity index is 286. The molecule has 1 aromatic carbocycles. The summed E-state index contributed by atoms with van der Waals surface area (Å²) in [6, 6.07) is 5.26. The minimum absolute atomic E-state index is 0.410. The van der Waals surface area contributed by atoms with Crippen LogP contribution in [0.4, 0.5) is 0 Å². The van der Waals surface area contributed by atoms with Crippen molar-refractivity contribution >= 4 is 12.6 Å². The Labute approximate surface area is 78.1 Å². The van der Waals surface area contributed by atoms with Gasteiger partial charge < -0.3 is 14.8 Å². The minimum Gasteiger partial charge on any atom is -0.494 e. The maximum absolute atomic E-state index is 9.00. The first-order chi connectivity index (χ1) is 6.15. The molecule has 4 heteroatoms. The number of ether oxygens (including phenoxy) is 1. The lowest BCUT2D eigenvalue weighted by Gasteiger charge is -2.09. The standard InChI is InChI=1S/C9H13BO3/c1-3-13-9-6-7(2)4-5-8(9)10(11)12/h4-6,11-12H,3H2,1-2H3. The van der Waals surface area contributed by atoms with Crippen molar-refractivity contribution in [3.8, 4) is 5.75 Å². The molecule has 0 aliphatic heterocycles. The Hall–Kier alpha value is -0.995. The number of benzene rings is 1. The second-order valence-electron chi connectivity index (χ2n) is 2.85. The van der Waals surface area contributed by atoms with E-state index in [1.54, 1.807) is 12.1 Å². The quantitative estimate of drug-likeness (QED) is 0.647. The van der Waals surface area contributed by atoms with Gasteiger partial charge in [-0.25, -0.2) is 0 Å². The lowest BCUT2D eigenvalue weighted by atomic mass is 9.79. The van der Waals surface area contributed by atoms with Crippen molar-refractivity contribution in [3.05, 3.63) is 23.8 Å².